The van der Waals surface area contributed by atoms with Gasteiger partial charge in [0.2, 0.25) is 0 Å². The summed E-state index contributed by atoms with van der Waals surface area (Å²) < 4.78 is 5.62. The van der Waals surface area contributed by atoms with Crippen LogP contribution in [-0.4, -0.2) is 12.6 Å². The lowest BCUT2D eigenvalue weighted by atomic mass is 10.1. The predicted molar refractivity (Wildman–Crippen MR) is 76.7 cm³/mol. The van der Waals surface area contributed by atoms with Gasteiger partial charge >= 0.3 is 0 Å². The minimum atomic E-state index is 0.218. The molecular weight excluding hydrogens is 222 g/mol. The van der Waals surface area contributed by atoms with Gasteiger partial charge in [-0.3, -0.25) is 0 Å². The summed E-state index contributed by atoms with van der Waals surface area (Å²) in [6.45, 7) is 7.18. The molecule has 0 bridgehead atoms. The number of rotatable bonds is 7. The maximum Gasteiger partial charge on any atom is 0.119 e. The summed E-state index contributed by atoms with van der Waals surface area (Å²) in [5.74, 6) is 3.57. The van der Waals surface area contributed by atoms with Gasteiger partial charge in [-0.05, 0) is 51.4 Å². The molecule has 0 aliphatic carbocycles. The highest BCUT2D eigenvalue weighted by Crippen LogP contribution is 2.18. The molecule has 0 aliphatic heterocycles. The Bertz CT molecular complexity index is 375. The zero-order valence-corrected chi connectivity index (χ0v) is 11.6. The van der Waals surface area contributed by atoms with Gasteiger partial charge < -0.3 is 10.1 Å². The maximum absolute atomic E-state index is 5.62. The number of unbranched alkanes of at least 4 members (excludes halogenated alkanes) is 1. The third kappa shape index (κ3) is 5.25. The molecule has 0 spiro atoms. The molecular formula is C16H23NO. The van der Waals surface area contributed by atoms with Crippen LogP contribution >= 0.6 is 0 Å². The van der Waals surface area contributed by atoms with E-state index in [0.29, 0.717) is 6.04 Å². The number of ether oxygens (including phenoxy) is 1. The third-order valence-corrected chi connectivity index (χ3v) is 2.70. The van der Waals surface area contributed by atoms with Crippen LogP contribution in [0.4, 0.5) is 0 Å². The van der Waals surface area contributed by atoms with E-state index in [1.54, 1.807) is 0 Å². The molecule has 2 nitrogen and oxygen atoms in total. The second-order valence-electron chi connectivity index (χ2n) is 4.72. The fraction of sp³-hybridized carbons (Fsp3) is 0.500. The Morgan fingerprint density at radius 1 is 1.22 bits per heavy atom. The smallest absolute Gasteiger partial charge is 0.119 e. The van der Waals surface area contributed by atoms with E-state index in [9.17, 15) is 0 Å². The van der Waals surface area contributed by atoms with Crippen LogP contribution in [0.3, 0.4) is 0 Å². The van der Waals surface area contributed by atoms with Gasteiger partial charge in [0.25, 0.3) is 0 Å². The molecule has 0 saturated heterocycles. The molecule has 1 atom stereocenters. The van der Waals surface area contributed by atoms with E-state index in [1.807, 2.05) is 26.0 Å². The third-order valence-electron chi connectivity index (χ3n) is 2.70. The highest BCUT2D eigenvalue weighted by atomic mass is 16.5. The first-order valence-electron chi connectivity index (χ1n) is 6.57. The van der Waals surface area contributed by atoms with Gasteiger partial charge in [0.15, 0.2) is 0 Å². The predicted octanol–water partition coefficient (Wildman–Crippen LogP) is 3.54. The molecule has 98 valence electrons. The van der Waals surface area contributed by atoms with E-state index in [-0.39, 0.29) is 6.10 Å². The molecule has 0 fully saturated rings. The van der Waals surface area contributed by atoms with Crippen molar-refractivity contribution in [2.24, 2.45) is 0 Å². The number of benzene rings is 1. The lowest BCUT2D eigenvalue weighted by molar-refractivity contribution is 0.242. The van der Waals surface area contributed by atoms with E-state index in [4.69, 9.17) is 11.2 Å². The van der Waals surface area contributed by atoms with Gasteiger partial charge in [-0.25, -0.2) is 0 Å². The zero-order chi connectivity index (χ0) is 13.4. The van der Waals surface area contributed by atoms with Gasteiger partial charge in [0.05, 0.1) is 6.10 Å². The van der Waals surface area contributed by atoms with Crippen molar-refractivity contribution in [3.05, 3.63) is 29.8 Å². The summed E-state index contributed by atoms with van der Waals surface area (Å²) in [6, 6.07) is 8.60. The fourth-order valence-corrected chi connectivity index (χ4v) is 1.73. The van der Waals surface area contributed by atoms with Crippen LogP contribution < -0.4 is 10.1 Å². The molecule has 0 heterocycles. The summed E-state index contributed by atoms with van der Waals surface area (Å²) in [4.78, 5) is 0. The van der Waals surface area contributed by atoms with E-state index in [0.717, 1.165) is 25.1 Å². The van der Waals surface area contributed by atoms with E-state index in [1.165, 1.54) is 5.56 Å². The Kier molecular flexibility index (Phi) is 6.32. The van der Waals surface area contributed by atoms with Crippen molar-refractivity contribution in [2.45, 2.75) is 45.8 Å². The molecule has 0 saturated carbocycles. The monoisotopic (exact) mass is 245 g/mol. The highest BCUT2D eigenvalue weighted by Gasteiger charge is 2.04. The summed E-state index contributed by atoms with van der Waals surface area (Å²) >= 11 is 0. The summed E-state index contributed by atoms with van der Waals surface area (Å²) in [5.41, 5.74) is 1.27. The highest BCUT2D eigenvalue weighted by molar-refractivity contribution is 5.29. The first-order chi connectivity index (χ1) is 8.63. The first-order valence-corrected chi connectivity index (χ1v) is 6.57. The zero-order valence-electron chi connectivity index (χ0n) is 11.6. The fourth-order valence-electron chi connectivity index (χ4n) is 1.73. The van der Waals surface area contributed by atoms with Crippen LogP contribution in [0.15, 0.2) is 24.3 Å². The number of nitrogens with one attached hydrogen (secondary N) is 1. The van der Waals surface area contributed by atoms with Gasteiger partial charge in [-0.15, -0.1) is 12.3 Å². The topological polar surface area (TPSA) is 21.3 Å². The Morgan fingerprint density at radius 3 is 2.44 bits per heavy atom. The summed E-state index contributed by atoms with van der Waals surface area (Å²) in [5, 5.41) is 3.46. The second kappa shape index (κ2) is 7.79. The summed E-state index contributed by atoms with van der Waals surface area (Å²) in [6.07, 6.45) is 7.30. The largest absolute Gasteiger partial charge is 0.491 e. The molecule has 1 rings (SSSR count). The van der Waals surface area contributed by atoms with Crippen molar-refractivity contribution < 1.29 is 4.74 Å². The van der Waals surface area contributed by atoms with Crippen molar-refractivity contribution in [2.75, 3.05) is 6.54 Å². The Morgan fingerprint density at radius 2 is 1.89 bits per heavy atom. The first kappa shape index (κ1) is 14.6. The average molecular weight is 245 g/mol. The second-order valence-corrected chi connectivity index (χ2v) is 4.72. The van der Waals surface area contributed by atoms with Gasteiger partial charge in [0, 0.05) is 12.5 Å². The van der Waals surface area contributed by atoms with Crippen LogP contribution in [0.5, 0.6) is 5.75 Å². The van der Waals surface area contributed by atoms with Crippen LogP contribution in [0.2, 0.25) is 0 Å². The minimum absolute atomic E-state index is 0.218. The number of terminal acetylenes is 1. The van der Waals surface area contributed by atoms with Crippen molar-refractivity contribution in [3.8, 4) is 18.1 Å². The standard InChI is InChI=1S/C16H23NO/c1-5-6-7-12-17-14(4)15-8-10-16(11-9-15)18-13(2)3/h1,8-11,13-14,17H,6-7,12H2,2-4H3. The van der Waals surface area contributed by atoms with Crippen LogP contribution in [0, 0.1) is 12.3 Å². The molecule has 18 heavy (non-hydrogen) atoms. The van der Waals surface area contributed by atoms with E-state index in [2.05, 4.69) is 30.3 Å². The Labute approximate surface area is 111 Å². The van der Waals surface area contributed by atoms with Crippen molar-refractivity contribution in [1.82, 2.24) is 5.32 Å². The molecule has 0 aliphatic rings. The van der Waals surface area contributed by atoms with Crippen molar-refractivity contribution in [3.63, 3.8) is 0 Å². The molecule has 0 radical (unpaired) electrons. The molecule has 1 unspecified atom stereocenters. The lowest BCUT2D eigenvalue weighted by Crippen LogP contribution is -2.19. The SMILES string of the molecule is C#CCCCNC(C)c1ccc(OC(C)C)cc1. The lowest BCUT2D eigenvalue weighted by Gasteiger charge is -2.15. The Hall–Kier alpha value is -1.46. The quantitative estimate of drug-likeness (QED) is 0.586. The van der Waals surface area contributed by atoms with Crippen LogP contribution in [0.25, 0.3) is 0 Å². The average Bonchev–Trinajstić information content (AvgIpc) is 2.34. The van der Waals surface area contributed by atoms with Crippen molar-refractivity contribution >= 4 is 0 Å². The van der Waals surface area contributed by atoms with Crippen LogP contribution in [0.1, 0.15) is 45.2 Å². The molecule has 2 heteroatoms. The van der Waals surface area contributed by atoms with E-state index >= 15 is 0 Å². The van der Waals surface area contributed by atoms with Crippen molar-refractivity contribution in [1.29, 1.82) is 0 Å². The molecule has 1 aromatic carbocycles. The maximum atomic E-state index is 5.62. The van der Waals surface area contributed by atoms with Gasteiger partial charge in [-0.2, -0.15) is 0 Å². The number of hydrogen-bond acceptors (Lipinski definition) is 2. The van der Waals surface area contributed by atoms with E-state index < -0.39 is 0 Å². The van der Waals surface area contributed by atoms with Crippen LogP contribution in [-0.2, 0) is 0 Å². The summed E-state index contributed by atoms with van der Waals surface area (Å²) in [7, 11) is 0. The normalized spacial score (nSPS) is 12.2. The molecule has 0 aromatic heterocycles. The molecule has 1 aromatic rings. The Balaban J connectivity index is 2.44. The van der Waals surface area contributed by atoms with Gasteiger partial charge in [-0.1, -0.05) is 12.1 Å². The number of hydrogen-bond donors (Lipinski definition) is 1. The molecule has 1 N–H and O–H groups in total. The minimum Gasteiger partial charge on any atom is -0.491 e. The molecule has 0 amide bonds. The van der Waals surface area contributed by atoms with Gasteiger partial charge in [0.1, 0.15) is 5.75 Å².